The summed E-state index contributed by atoms with van der Waals surface area (Å²) < 4.78 is 5.54. The molecule has 1 atom stereocenters. The Bertz CT molecular complexity index is 594. The first-order valence-corrected chi connectivity index (χ1v) is 7.33. The Balaban J connectivity index is 1.64. The van der Waals surface area contributed by atoms with Crippen LogP contribution in [0.4, 0.5) is 0 Å². The average molecular weight is 288 g/mol. The highest BCUT2D eigenvalue weighted by Crippen LogP contribution is 2.28. The fourth-order valence-electron chi connectivity index (χ4n) is 2.47. The molecule has 1 heterocycles. The number of halogens is 1. The minimum absolute atomic E-state index is 0.316. The van der Waals surface area contributed by atoms with E-state index in [0.29, 0.717) is 6.04 Å². The third-order valence-corrected chi connectivity index (χ3v) is 3.99. The molecule has 104 valence electrons. The van der Waals surface area contributed by atoms with Crippen LogP contribution in [0.5, 0.6) is 5.75 Å². The van der Waals surface area contributed by atoms with Gasteiger partial charge in [-0.05, 0) is 41.8 Å². The van der Waals surface area contributed by atoms with Crippen molar-refractivity contribution in [1.82, 2.24) is 5.32 Å². The minimum Gasteiger partial charge on any atom is -0.493 e. The topological polar surface area (TPSA) is 21.3 Å². The maximum atomic E-state index is 5.89. The SMILES string of the molecule is CC(NCc1ccc(Cl)cc1)c1ccc2c(c1)CCO2. The van der Waals surface area contributed by atoms with Gasteiger partial charge in [0.05, 0.1) is 6.61 Å². The van der Waals surface area contributed by atoms with Crippen molar-refractivity contribution in [3.8, 4) is 5.75 Å². The Morgan fingerprint density at radius 2 is 2.00 bits per heavy atom. The molecule has 1 N–H and O–H groups in total. The number of ether oxygens (including phenoxy) is 1. The van der Waals surface area contributed by atoms with Gasteiger partial charge in [-0.25, -0.2) is 0 Å². The highest BCUT2D eigenvalue weighted by Gasteiger charge is 2.14. The number of hydrogen-bond donors (Lipinski definition) is 1. The zero-order chi connectivity index (χ0) is 13.9. The number of benzene rings is 2. The van der Waals surface area contributed by atoms with Gasteiger partial charge in [-0.3, -0.25) is 0 Å². The molecule has 0 amide bonds. The number of fused-ring (bicyclic) bond motifs is 1. The molecule has 0 radical (unpaired) electrons. The van der Waals surface area contributed by atoms with Gasteiger partial charge < -0.3 is 10.1 Å². The molecule has 0 saturated carbocycles. The maximum absolute atomic E-state index is 5.89. The van der Waals surface area contributed by atoms with Crippen molar-refractivity contribution >= 4 is 11.6 Å². The van der Waals surface area contributed by atoms with Crippen LogP contribution in [0.1, 0.15) is 29.7 Å². The summed E-state index contributed by atoms with van der Waals surface area (Å²) >= 11 is 5.89. The van der Waals surface area contributed by atoms with E-state index in [1.165, 1.54) is 16.7 Å². The van der Waals surface area contributed by atoms with E-state index in [4.69, 9.17) is 16.3 Å². The normalized spacial score (nSPS) is 14.7. The Morgan fingerprint density at radius 3 is 2.80 bits per heavy atom. The van der Waals surface area contributed by atoms with E-state index < -0.39 is 0 Å². The highest BCUT2D eigenvalue weighted by atomic mass is 35.5. The summed E-state index contributed by atoms with van der Waals surface area (Å²) in [5, 5.41) is 4.32. The van der Waals surface area contributed by atoms with Gasteiger partial charge in [0.1, 0.15) is 5.75 Å². The quantitative estimate of drug-likeness (QED) is 0.913. The zero-order valence-corrected chi connectivity index (χ0v) is 12.3. The van der Waals surface area contributed by atoms with E-state index in [1.54, 1.807) is 0 Å². The molecule has 0 aromatic heterocycles. The molecule has 2 nitrogen and oxygen atoms in total. The number of rotatable bonds is 4. The first-order chi connectivity index (χ1) is 9.72. The monoisotopic (exact) mass is 287 g/mol. The predicted octanol–water partition coefficient (Wildman–Crippen LogP) is 4.13. The lowest BCUT2D eigenvalue weighted by Gasteiger charge is -2.15. The van der Waals surface area contributed by atoms with Crippen LogP contribution in [-0.4, -0.2) is 6.61 Å². The fourth-order valence-corrected chi connectivity index (χ4v) is 2.59. The molecule has 3 rings (SSSR count). The smallest absolute Gasteiger partial charge is 0.122 e. The second-order valence-corrected chi connectivity index (χ2v) is 5.63. The van der Waals surface area contributed by atoms with Crippen LogP contribution in [0.3, 0.4) is 0 Å². The van der Waals surface area contributed by atoms with Crippen molar-refractivity contribution in [3.63, 3.8) is 0 Å². The van der Waals surface area contributed by atoms with Gasteiger partial charge in [0.25, 0.3) is 0 Å². The van der Waals surface area contributed by atoms with Crippen molar-refractivity contribution < 1.29 is 4.74 Å². The van der Waals surface area contributed by atoms with E-state index >= 15 is 0 Å². The zero-order valence-electron chi connectivity index (χ0n) is 11.5. The standard InChI is InChI=1S/C17H18ClNO/c1-12(19-11-13-2-5-16(18)6-3-13)14-4-7-17-15(10-14)8-9-20-17/h2-7,10,12,19H,8-9,11H2,1H3. The third kappa shape index (κ3) is 2.97. The van der Waals surface area contributed by atoms with E-state index in [0.717, 1.165) is 30.3 Å². The van der Waals surface area contributed by atoms with Gasteiger partial charge in [-0.1, -0.05) is 35.9 Å². The van der Waals surface area contributed by atoms with Crippen LogP contribution in [0.2, 0.25) is 5.02 Å². The molecule has 0 bridgehead atoms. The fraction of sp³-hybridized carbons (Fsp3) is 0.294. The summed E-state index contributed by atoms with van der Waals surface area (Å²) in [6, 6.07) is 14.8. The van der Waals surface area contributed by atoms with Crippen molar-refractivity contribution in [3.05, 3.63) is 64.2 Å². The molecule has 0 fully saturated rings. The molecular weight excluding hydrogens is 270 g/mol. The summed E-state index contributed by atoms with van der Waals surface area (Å²) in [5.74, 6) is 1.04. The third-order valence-electron chi connectivity index (χ3n) is 3.74. The predicted molar refractivity (Wildman–Crippen MR) is 82.3 cm³/mol. The lowest BCUT2D eigenvalue weighted by atomic mass is 10.0. The van der Waals surface area contributed by atoms with Gasteiger partial charge in [0.15, 0.2) is 0 Å². The van der Waals surface area contributed by atoms with Crippen LogP contribution < -0.4 is 10.1 Å². The van der Waals surface area contributed by atoms with E-state index in [-0.39, 0.29) is 0 Å². The number of nitrogens with one attached hydrogen (secondary N) is 1. The van der Waals surface area contributed by atoms with Crippen molar-refractivity contribution in [2.45, 2.75) is 25.9 Å². The van der Waals surface area contributed by atoms with Crippen molar-refractivity contribution in [2.24, 2.45) is 0 Å². The molecular formula is C17H18ClNO. The first kappa shape index (κ1) is 13.5. The van der Waals surface area contributed by atoms with E-state index in [1.807, 2.05) is 12.1 Å². The van der Waals surface area contributed by atoms with Gasteiger partial charge in [0, 0.05) is 24.0 Å². The molecule has 0 spiro atoms. The Morgan fingerprint density at radius 1 is 1.20 bits per heavy atom. The molecule has 1 aliphatic rings. The van der Waals surface area contributed by atoms with Gasteiger partial charge >= 0.3 is 0 Å². The molecule has 20 heavy (non-hydrogen) atoms. The Hall–Kier alpha value is -1.51. The second-order valence-electron chi connectivity index (χ2n) is 5.19. The van der Waals surface area contributed by atoms with Crippen LogP contribution >= 0.6 is 11.6 Å². The number of hydrogen-bond acceptors (Lipinski definition) is 2. The van der Waals surface area contributed by atoms with E-state index in [2.05, 4.69) is 42.6 Å². The largest absolute Gasteiger partial charge is 0.493 e. The maximum Gasteiger partial charge on any atom is 0.122 e. The molecule has 1 aliphatic heterocycles. The van der Waals surface area contributed by atoms with Crippen LogP contribution in [0.15, 0.2) is 42.5 Å². The van der Waals surface area contributed by atoms with Gasteiger partial charge in [-0.2, -0.15) is 0 Å². The summed E-state index contributed by atoms with van der Waals surface area (Å²) in [5.41, 5.74) is 3.87. The Kier molecular flexibility index (Phi) is 3.95. The first-order valence-electron chi connectivity index (χ1n) is 6.96. The van der Waals surface area contributed by atoms with Crippen LogP contribution in [-0.2, 0) is 13.0 Å². The van der Waals surface area contributed by atoms with Crippen LogP contribution in [0.25, 0.3) is 0 Å². The Labute approximate surface area is 124 Å². The summed E-state index contributed by atoms with van der Waals surface area (Å²) in [7, 11) is 0. The second kappa shape index (κ2) is 5.86. The molecule has 2 aromatic carbocycles. The van der Waals surface area contributed by atoms with Crippen molar-refractivity contribution in [2.75, 3.05) is 6.61 Å². The lowest BCUT2D eigenvalue weighted by Crippen LogP contribution is -2.18. The molecule has 2 aromatic rings. The molecule has 0 saturated heterocycles. The average Bonchev–Trinajstić information content (AvgIpc) is 2.93. The van der Waals surface area contributed by atoms with Crippen LogP contribution in [0, 0.1) is 0 Å². The van der Waals surface area contributed by atoms with Gasteiger partial charge in [0.2, 0.25) is 0 Å². The van der Waals surface area contributed by atoms with Crippen molar-refractivity contribution in [1.29, 1.82) is 0 Å². The molecule has 1 unspecified atom stereocenters. The van der Waals surface area contributed by atoms with E-state index in [9.17, 15) is 0 Å². The minimum atomic E-state index is 0.316. The summed E-state index contributed by atoms with van der Waals surface area (Å²) in [6.07, 6.45) is 1.02. The summed E-state index contributed by atoms with van der Waals surface area (Å²) in [6.45, 7) is 3.84. The molecule has 3 heteroatoms. The molecule has 0 aliphatic carbocycles. The lowest BCUT2D eigenvalue weighted by molar-refractivity contribution is 0.356. The van der Waals surface area contributed by atoms with Gasteiger partial charge in [-0.15, -0.1) is 0 Å². The summed E-state index contributed by atoms with van der Waals surface area (Å²) in [4.78, 5) is 0. The highest BCUT2D eigenvalue weighted by molar-refractivity contribution is 6.30.